The van der Waals surface area contributed by atoms with Gasteiger partial charge in [-0.2, -0.15) is 4.37 Å². The topological polar surface area (TPSA) is 28.7 Å². The van der Waals surface area contributed by atoms with Crippen LogP contribution in [0.3, 0.4) is 0 Å². The first-order chi connectivity index (χ1) is 5.31. The fourth-order valence-corrected chi connectivity index (χ4v) is 2.51. The van der Waals surface area contributed by atoms with Crippen LogP contribution in [-0.2, 0) is 6.42 Å². The molecule has 2 aromatic heterocycles. The highest BCUT2D eigenvalue weighted by molar-refractivity contribution is 9.10. The Bertz CT molecular complexity index is 377. The van der Waals surface area contributed by atoms with Gasteiger partial charge in [0.1, 0.15) is 4.83 Å². The number of fused-ring (bicyclic) bond motifs is 1. The number of aromatic nitrogens is 2. The summed E-state index contributed by atoms with van der Waals surface area (Å²) in [6.45, 7) is 2.12. The molecule has 0 aliphatic carbocycles. The van der Waals surface area contributed by atoms with Crippen molar-refractivity contribution in [2.75, 3.05) is 0 Å². The number of rotatable bonds is 1. The molecule has 0 aliphatic rings. The summed E-state index contributed by atoms with van der Waals surface area (Å²) in [5.74, 6) is 0. The lowest BCUT2D eigenvalue weighted by Crippen LogP contribution is -1.75. The Kier molecular flexibility index (Phi) is 1.73. The summed E-state index contributed by atoms with van der Waals surface area (Å²) in [5.41, 5.74) is 1.19. The van der Waals surface area contributed by atoms with Gasteiger partial charge in [-0.05, 0) is 39.9 Å². The first-order valence-corrected chi connectivity index (χ1v) is 5.00. The van der Waals surface area contributed by atoms with E-state index in [1.165, 1.54) is 22.6 Å². The third-order valence-corrected chi connectivity index (χ3v) is 2.88. The predicted molar refractivity (Wildman–Crippen MR) is 51.0 cm³/mol. The maximum absolute atomic E-state index is 4.30. The molecule has 0 aliphatic heterocycles. The summed E-state index contributed by atoms with van der Waals surface area (Å²) in [7, 11) is 0. The van der Waals surface area contributed by atoms with Crippen LogP contribution in [-0.4, -0.2) is 9.36 Å². The molecule has 0 atom stereocenters. The van der Waals surface area contributed by atoms with E-state index in [2.05, 4.69) is 38.3 Å². The van der Waals surface area contributed by atoms with E-state index >= 15 is 0 Å². The summed E-state index contributed by atoms with van der Waals surface area (Å²) in [5, 5.41) is 1.25. The van der Waals surface area contributed by atoms with E-state index in [0.29, 0.717) is 0 Å². The predicted octanol–water partition coefficient (Wildman–Crippen LogP) is 2.95. The second-order valence-electron chi connectivity index (χ2n) is 2.34. The molecule has 0 bridgehead atoms. The minimum Gasteiger partial charge on any atom is -0.340 e. The van der Waals surface area contributed by atoms with Crippen LogP contribution in [0.1, 0.15) is 12.6 Å². The Balaban J connectivity index is 2.73. The number of H-pyrrole nitrogens is 1. The lowest BCUT2D eigenvalue weighted by atomic mass is 10.2. The average Bonchev–Trinajstić information content (AvgIpc) is 2.45. The number of halogens is 1. The Labute approximate surface area is 76.9 Å². The van der Waals surface area contributed by atoms with Gasteiger partial charge in [0.15, 0.2) is 0 Å². The van der Waals surface area contributed by atoms with Crippen LogP contribution in [0, 0.1) is 0 Å². The largest absolute Gasteiger partial charge is 0.340 e. The molecule has 0 saturated carbocycles. The molecule has 2 heterocycles. The summed E-state index contributed by atoms with van der Waals surface area (Å²) in [4.78, 5) is 4.35. The number of nitrogens with zero attached hydrogens (tertiary/aromatic N) is 1. The number of aryl methyl sites for hydroxylation is 1. The molecule has 1 N–H and O–H groups in total. The molecular formula is C7H7BrN2S. The molecular weight excluding hydrogens is 224 g/mol. The maximum atomic E-state index is 4.30. The zero-order chi connectivity index (χ0) is 7.84. The second kappa shape index (κ2) is 2.60. The smallest absolute Gasteiger partial charge is 0.121 e. The first-order valence-electron chi connectivity index (χ1n) is 3.44. The Morgan fingerprint density at radius 1 is 1.73 bits per heavy atom. The molecule has 0 unspecified atom stereocenters. The zero-order valence-electron chi connectivity index (χ0n) is 6.02. The summed E-state index contributed by atoms with van der Waals surface area (Å²) in [6, 6.07) is 2.08. The number of aromatic amines is 1. The van der Waals surface area contributed by atoms with Gasteiger partial charge >= 0.3 is 0 Å². The van der Waals surface area contributed by atoms with E-state index in [9.17, 15) is 0 Å². The van der Waals surface area contributed by atoms with Crippen molar-refractivity contribution in [3.8, 4) is 0 Å². The molecule has 0 saturated heterocycles. The van der Waals surface area contributed by atoms with Crippen molar-refractivity contribution in [2.24, 2.45) is 0 Å². The van der Waals surface area contributed by atoms with Crippen molar-refractivity contribution in [1.82, 2.24) is 9.36 Å². The summed E-state index contributed by atoms with van der Waals surface area (Å²) < 4.78 is 5.34. The van der Waals surface area contributed by atoms with Crippen molar-refractivity contribution < 1.29 is 0 Å². The van der Waals surface area contributed by atoms with Crippen molar-refractivity contribution in [2.45, 2.75) is 13.3 Å². The van der Waals surface area contributed by atoms with Gasteiger partial charge in [0.2, 0.25) is 0 Å². The van der Waals surface area contributed by atoms with E-state index < -0.39 is 0 Å². The van der Waals surface area contributed by atoms with Crippen LogP contribution in [0.15, 0.2) is 10.7 Å². The molecule has 2 aromatic rings. The van der Waals surface area contributed by atoms with Crippen LogP contribution in [0.2, 0.25) is 0 Å². The molecule has 2 rings (SSSR count). The minimum absolute atomic E-state index is 1.00. The molecule has 0 fully saturated rings. The van der Waals surface area contributed by atoms with Crippen LogP contribution in [0.25, 0.3) is 10.2 Å². The van der Waals surface area contributed by atoms with Crippen LogP contribution in [0.5, 0.6) is 0 Å². The van der Waals surface area contributed by atoms with Crippen molar-refractivity contribution in [3.63, 3.8) is 0 Å². The van der Waals surface area contributed by atoms with Crippen molar-refractivity contribution in [3.05, 3.63) is 16.4 Å². The summed E-state index contributed by atoms with van der Waals surface area (Å²) >= 11 is 4.91. The SMILES string of the molecule is CCc1nsc2[nH]c(Br)cc12. The number of nitrogens with one attached hydrogen (secondary N) is 1. The molecule has 4 heteroatoms. The van der Waals surface area contributed by atoms with Gasteiger partial charge in [0, 0.05) is 5.39 Å². The standard InChI is InChI=1S/C7H7BrN2S/c1-2-5-4-3-6(8)9-7(4)11-10-5/h3,9H,2H2,1H3. The van der Waals surface area contributed by atoms with Crippen LogP contribution < -0.4 is 0 Å². The Morgan fingerprint density at radius 3 is 3.27 bits per heavy atom. The molecule has 11 heavy (non-hydrogen) atoms. The molecule has 0 radical (unpaired) electrons. The van der Waals surface area contributed by atoms with Crippen molar-refractivity contribution >= 4 is 37.7 Å². The fourth-order valence-electron chi connectivity index (χ4n) is 1.10. The van der Waals surface area contributed by atoms with E-state index in [1.807, 2.05) is 0 Å². The number of hydrogen-bond donors (Lipinski definition) is 1. The van der Waals surface area contributed by atoms with E-state index in [-0.39, 0.29) is 0 Å². The lowest BCUT2D eigenvalue weighted by Gasteiger charge is -1.82. The summed E-state index contributed by atoms with van der Waals surface area (Å²) in [6.07, 6.45) is 1.00. The van der Waals surface area contributed by atoms with Crippen molar-refractivity contribution in [1.29, 1.82) is 0 Å². The van der Waals surface area contributed by atoms with E-state index in [1.54, 1.807) is 0 Å². The molecule has 0 aromatic carbocycles. The fraction of sp³-hybridized carbons (Fsp3) is 0.286. The van der Waals surface area contributed by atoms with Crippen LogP contribution in [0.4, 0.5) is 0 Å². The van der Waals surface area contributed by atoms with E-state index in [4.69, 9.17) is 0 Å². The van der Waals surface area contributed by atoms with Crippen LogP contribution >= 0.6 is 27.5 Å². The zero-order valence-corrected chi connectivity index (χ0v) is 8.42. The molecule has 0 amide bonds. The van der Waals surface area contributed by atoms with Gasteiger partial charge in [-0.3, -0.25) is 0 Å². The second-order valence-corrected chi connectivity index (χ2v) is 3.97. The maximum Gasteiger partial charge on any atom is 0.121 e. The molecule has 0 spiro atoms. The van der Waals surface area contributed by atoms with Gasteiger partial charge in [0.25, 0.3) is 0 Å². The highest BCUT2D eigenvalue weighted by atomic mass is 79.9. The monoisotopic (exact) mass is 230 g/mol. The van der Waals surface area contributed by atoms with E-state index in [0.717, 1.165) is 15.9 Å². The van der Waals surface area contributed by atoms with Gasteiger partial charge in [0.05, 0.1) is 10.3 Å². The van der Waals surface area contributed by atoms with Gasteiger partial charge in [-0.1, -0.05) is 6.92 Å². The lowest BCUT2D eigenvalue weighted by molar-refractivity contribution is 1.10. The highest BCUT2D eigenvalue weighted by Crippen LogP contribution is 2.25. The number of hydrogen-bond acceptors (Lipinski definition) is 2. The normalized spacial score (nSPS) is 11.1. The third-order valence-electron chi connectivity index (χ3n) is 1.64. The van der Waals surface area contributed by atoms with Gasteiger partial charge < -0.3 is 4.98 Å². The van der Waals surface area contributed by atoms with Gasteiger partial charge in [-0.15, -0.1) is 0 Å². The minimum atomic E-state index is 1.00. The highest BCUT2D eigenvalue weighted by Gasteiger charge is 2.05. The first kappa shape index (κ1) is 7.31. The Morgan fingerprint density at radius 2 is 2.55 bits per heavy atom. The molecule has 2 nitrogen and oxygen atoms in total. The third kappa shape index (κ3) is 1.10. The van der Waals surface area contributed by atoms with Gasteiger partial charge in [-0.25, -0.2) is 0 Å². The Hall–Kier alpha value is -0.350. The quantitative estimate of drug-likeness (QED) is 0.803. The molecule has 58 valence electrons. The average molecular weight is 231 g/mol.